The zero-order valence-corrected chi connectivity index (χ0v) is 23.4. The summed E-state index contributed by atoms with van der Waals surface area (Å²) in [6.45, 7) is 1.01. The van der Waals surface area contributed by atoms with Gasteiger partial charge in [-0.05, 0) is 90.0 Å². The van der Waals surface area contributed by atoms with E-state index in [2.05, 4.69) is 24.3 Å². The van der Waals surface area contributed by atoms with E-state index in [0.29, 0.717) is 18.2 Å². The molecule has 6 rings (SSSR count). The number of nitrogens with zero attached hydrogens (tertiary/aromatic N) is 1. The maximum absolute atomic E-state index is 6.36. The largest absolute Gasteiger partial charge is 0.340 e. The third-order valence-corrected chi connectivity index (χ3v) is 7.98. The Kier molecular flexibility index (Phi) is 7.61. The van der Waals surface area contributed by atoms with Crippen molar-refractivity contribution in [1.29, 1.82) is 0 Å². The van der Waals surface area contributed by atoms with Crippen molar-refractivity contribution in [2.75, 3.05) is 13.2 Å². The van der Waals surface area contributed by atoms with E-state index in [9.17, 15) is 0 Å². The van der Waals surface area contributed by atoms with Crippen molar-refractivity contribution in [2.24, 2.45) is 0 Å². The van der Waals surface area contributed by atoms with Gasteiger partial charge >= 0.3 is 0 Å². The summed E-state index contributed by atoms with van der Waals surface area (Å²) in [5.41, 5.74) is 6.30. The van der Waals surface area contributed by atoms with Crippen LogP contribution in [0.15, 0.2) is 103 Å². The zero-order chi connectivity index (χ0) is 26.8. The first kappa shape index (κ1) is 26.3. The summed E-state index contributed by atoms with van der Waals surface area (Å²) in [4.78, 5) is 4.70. The molecule has 0 aliphatic carbocycles. The van der Waals surface area contributed by atoms with Crippen molar-refractivity contribution >= 4 is 45.7 Å². The summed E-state index contributed by atoms with van der Waals surface area (Å²) in [7, 11) is 0. The molecule has 0 spiro atoms. The van der Waals surface area contributed by atoms with Crippen molar-refractivity contribution in [1.82, 2.24) is 4.98 Å². The highest BCUT2D eigenvalue weighted by atomic mass is 35.5. The SMILES string of the molecule is Clc1ccc(C2(c3ccc4nccc(C(Cc5cccc(Cl)c5)Cc5cccc(Cl)c5)c4c3)OCCO2)cc1. The standard InChI is InChI=1S/C33H26Cl3NO2/c34-27-10-7-25(8-11-27)33(38-15-16-39-33)26-9-12-32-31(21-26)30(13-14-37-32)24(17-22-3-1-5-28(35)19-22)18-23-4-2-6-29(36)20-23/h1-14,19-21,24H,15-18H2. The van der Waals surface area contributed by atoms with Crippen LogP contribution in [0.25, 0.3) is 10.9 Å². The molecule has 0 bridgehead atoms. The average Bonchev–Trinajstić information content (AvgIpc) is 3.44. The summed E-state index contributed by atoms with van der Waals surface area (Å²) in [6, 6.07) is 32.2. The second-order valence-electron chi connectivity index (χ2n) is 9.82. The Morgan fingerprint density at radius 3 is 1.90 bits per heavy atom. The average molecular weight is 575 g/mol. The summed E-state index contributed by atoms with van der Waals surface area (Å²) in [5.74, 6) is -0.846. The molecule has 0 radical (unpaired) electrons. The van der Waals surface area contributed by atoms with E-state index in [1.165, 1.54) is 16.7 Å². The van der Waals surface area contributed by atoms with E-state index in [4.69, 9.17) is 49.3 Å². The molecular formula is C33H26Cl3NO2. The Hall–Kier alpha value is -2.92. The predicted molar refractivity (Wildman–Crippen MR) is 159 cm³/mol. The molecule has 0 unspecified atom stereocenters. The van der Waals surface area contributed by atoms with Crippen LogP contribution in [0.1, 0.15) is 33.7 Å². The topological polar surface area (TPSA) is 31.4 Å². The molecule has 4 aromatic carbocycles. The molecule has 0 atom stereocenters. The first-order chi connectivity index (χ1) is 19.0. The molecule has 5 aromatic rings. The number of benzene rings is 4. The van der Waals surface area contributed by atoms with E-state index < -0.39 is 5.79 Å². The molecule has 1 aliphatic heterocycles. The number of hydrogen-bond donors (Lipinski definition) is 0. The van der Waals surface area contributed by atoms with Gasteiger partial charge in [0.25, 0.3) is 0 Å². The van der Waals surface area contributed by atoms with E-state index in [-0.39, 0.29) is 5.92 Å². The number of rotatable bonds is 7. The fraction of sp³-hybridized carbons (Fsp3) is 0.182. The molecule has 0 amide bonds. The lowest BCUT2D eigenvalue weighted by atomic mass is 9.84. The van der Waals surface area contributed by atoms with Gasteiger partial charge in [0, 0.05) is 37.8 Å². The maximum Gasteiger partial charge on any atom is 0.222 e. The molecule has 1 aromatic heterocycles. The fourth-order valence-electron chi connectivity index (χ4n) is 5.50. The molecule has 39 heavy (non-hydrogen) atoms. The number of fused-ring (bicyclic) bond motifs is 1. The first-order valence-corrected chi connectivity index (χ1v) is 14.1. The second-order valence-corrected chi connectivity index (χ2v) is 11.1. The normalized spacial score (nSPS) is 14.8. The lowest BCUT2D eigenvalue weighted by Gasteiger charge is -2.29. The smallest absolute Gasteiger partial charge is 0.222 e. The van der Waals surface area contributed by atoms with Crippen LogP contribution in [0, 0.1) is 0 Å². The van der Waals surface area contributed by atoms with Crippen LogP contribution in [0.5, 0.6) is 0 Å². The highest BCUT2D eigenvalue weighted by Gasteiger charge is 2.41. The minimum Gasteiger partial charge on any atom is -0.340 e. The van der Waals surface area contributed by atoms with Gasteiger partial charge in [-0.25, -0.2) is 0 Å². The van der Waals surface area contributed by atoms with Gasteiger partial charge in [-0.2, -0.15) is 0 Å². The van der Waals surface area contributed by atoms with Gasteiger partial charge in [0.05, 0.1) is 18.7 Å². The van der Waals surface area contributed by atoms with Crippen LogP contribution in [-0.4, -0.2) is 18.2 Å². The Balaban J connectivity index is 1.47. The number of hydrogen-bond acceptors (Lipinski definition) is 3. The monoisotopic (exact) mass is 573 g/mol. The number of ether oxygens (including phenoxy) is 2. The fourth-order valence-corrected chi connectivity index (χ4v) is 6.05. The zero-order valence-electron chi connectivity index (χ0n) is 21.1. The third kappa shape index (κ3) is 5.56. The number of pyridine rings is 1. The van der Waals surface area contributed by atoms with E-state index in [0.717, 1.165) is 44.9 Å². The highest BCUT2D eigenvalue weighted by Crippen LogP contribution is 2.41. The molecule has 6 heteroatoms. The van der Waals surface area contributed by atoms with Gasteiger partial charge in [0.2, 0.25) is 5.79 Å². The van der Waals surface area contributed by atoms with Crippen molar-refractivity contribution in [3.05, 3.63) is 146 Å². The van der Waals surface area contributed by atoms with Crippen LogP contribution in [0.3, 0.4) is 0 Å². The second kappa shape index (κ2) is 11.3. The summed E-state index contributed by atoms with van der Waals surface area (Å²) in [5, 5.41) is 3.20. The number of aromatic nitrogens is 1. The van der Waals surface area contributed by atoms with Gasteiger partial charge in [-0.3, -0.25) is 4.98 Å². The summed E-state index contributed by atoms with van der Waals surface area (Å²) in [6.07, 6.45) is 3.51. The van der Waals surface area contributed by atoms with E-state index >= 15 is 0 Å². The Bertz CT molecular complexity index is 1570. The molecule has 1 aliphatic rings. The Morgan fingerprint density at radius 2 is 1.28 bits per heavy atom. The van der Waals surface area contributed by atoms with Gasteiger partial charge in [-0.15, -0.1) is 0 Å². The lowest BCUT2D eigenvalue weighted by molar-refractivity contribution is -0.129. The van der Waals surface area contributed by atoms with E-state index in [1.54, 1.807) is 0 Å². The van der Waals surface area contributed by atoms with Crippen LogP contribution < -0.4 is 0 Å². The van der Waals surface area contributed by atoms with Gasteiger partial charge < -0.3 is 9.47 Å². The summed E-state index contributed by atoms with van der Waals surface area (Å²) < 4.78 is 12.6. The van der Waals surface area contributed by atoms with Crippen molar-refractivity contribution in [3.8, 4) is 0 Å². The number of halogens is 3. The van der Waals surface area contributed by atoms with Gasteiger partial charge in [0.1, 0.15) is 0 Å². The minimum absolute atomic E-state index is 0.152. The molecule has 0 N–H and O–H groups in total. The van der Waals surface area contributed by atoms with Gasteiger partial charge in [0.15, 0.2) is 0 Å². The molecule has 196 valence electrons. The third-order valence-electron chi connectivity index (χ3n) is 7.26. The van der Waals surface area contributed by atoms with Crippen molar-refractivity contribution in [3.63, 3.8) is 0 Å². The first-order valence-electron chi connectivity index (χ1n) is 12.9. The van der Waals surface area contributed by atoms with Crippen LogP contribution >= 0.6 is 34.8 Å². The van der Waals surface area contributed by atoms with Gasteiger partial charge in [-0.1, -0.05) is 77.3 Å². The highest BCUT2D eigenvalue weighted by molar-refractivity contribution is 6.31. The van der Waals surface area contributed by atoms with Crippen LogP contribution in [0.2, 0.25) is 15.1 Å². The molecule has 1 fully saturated rings. The van der Waals surface area contributed by atoms with Crippen molar-refractivity contribution < 1.29 is 9.47 Å². The Morgan fingerprint density at radius 1 is 0.667 bits per heavy atom. The minimum atomic E-state index is -0.999. The predicted octanol–water partition coefficient (Wildman–Crippen LogP) is 9.01. The van der Waals surface area contributed by atoms with Crippen LogP contribution in [-0.2, 0) is 28.1 Å². The molecule has 3 nitrogen and oxygen atoms in total. The molecule has 0 saturated carbocycles. The Labute approximate surface area is 243 Å². The molecule has 2 heterocycles. The van der Waals surface area contributed by atoms with E-state index in [1.807, 2.05) is 79.0 Å². The maximum atomic E-state index is 6.36. The van der Waals surface area contributed by atoms with Crippen LogP contribution in [0.4, 0.5) is 0 Å². The summed E-state index contributed by atoms with van der Waals surface area (Å²) >= 11 is 18.9. The quantitative estimate of drug-likeness (QED) is 0.194. The molecule has 1 saturated heterocycles. The molecular weight excluding hydrogens is 549 g/mol. The van der Waals surface area contributed by atoms with Crippen molar-refractivity contribution in [2.45, 2.75) is 24.5 Å². The lowest BCUT2D eigenvalue weighted by Crippen LogP contribution is -2.28.